The van der Waals surface area contributed by atoms with Crippen molar-refractivity contribution < 1.29 is 8.42 Å². The van der Waals surface area contributed by atoms with Gasteiger partial charge in [-0.2, -0.15) is 9.57 Å². The normalized spacial score (nSPS) is 17.8. The molecule has 0 N–H and O–H groups in total. The van der Waals surface area contributed by atoms with Crippen LogP contribution in [0.3, 0.4) is 0 Å². The van der Waals surface area contributed by atoms with E-state index < -0.39 is 10.0 Å². The quantitative estimate of drug-likeness (QED) is 0.778. The Hall–Kier alpha value is -0.900. The molecule has 1 aliphatic heterocycles. The first-order chi connectivity index (χ1) is 9.57. The standard InChI is InChI=1S/C14H17BrN2O2S/c15-8-5-12-1-3-14(4-2-12)20(18,19)17-9-6-13(11-16)7-10-17/h1-4,13H,5-10H2. The highest BCUT2D eigenvalue weighted by Crippen LogP contribution is 2.23. The van der Waals surface area contributed by atoms with Crippen LogP contribution in [0.5, 0.6) is 0 Å². The molecular formula is C14H17BrN2O2S. The van der Waals surface area contributed by atoms with Crippen LogP contribution in [0.1, 0.15) is 18.4 Å². The van der Waals surface area contributed by atoms with Crippen LogP contribution < -0.4 is 0 Å². The van der Waals surface area contributed by atoms with Crippen molar-refractivity contribution in [2.45, 2.75) is 24.2 Å². The molecule has 0 unspecified atom stereocenters. The minimum absolute atomic E-state index is 0.0113. The molecule has 1 saturated heterocycles. The van der Waals surface area contributed by atoms with Crippen LogP contribution in [0.2, 0.25) is 0 Å². The molecule has 0 bridgehead atoms. The van der Waals surface area contributed by atoms with E-state index in [1.807, 2.05) is 12.1 Å². The number of hydrogen-bond donors (Lipinski definition) is 0. The van der Waals surface area contributed by atoms with Crippen LogP contribution in [-0.2, 0) is 16.4 Å². The van der Waals surface area contributed by atoms with Gasteiger partial charge in [0.15, 0.2) is 0 Å². The number of hydrogen-bond acceptors (Lipinski definition) is 3. The van der Waals surface area contributed by atoms with E-state index in [2.05, 4.69) is 22.0 Å². The second-order valence-electron chi connectivity index (χ2n) is 4.89. The van der Waals surface area contributed by atoms with E-state index in [9.17, 15) is 8.42 Å². The van der Waals surface area contributed by atoms with Gasteiger partial charge in [0.2, 0.25) is 10.0 Å². The Bertz CT molecular complexity index is 585. The van der Waals surface area contributed by atoms with Crippen LogP contribution in [0.15, 0.2) is 29.2 Å². The minimum Gasteiger partial charge on any atom is -0.207 e. The fourth-order valence-electron chi connectivity index (χ4n) is 2.31. The number of sulfonamides is 1. The van der Waals surface area contributed by atoms with Gasteiger partial charge in [0.25, 0.3) is 0 Å². The Morgan fingerprint density at radius 2 is 1.85 bits per heavy atom. The first-order valence-corrected chi connectivity index (χ1v) is 9.18. The minimum atomic E-state index is -3.41. The second kappa shape index (κ2) is 6.70. The lowest BCUT2D eigenvalue weighted by atomic mass is 10.0. The maximum absolute atomic E-state index is 12.5. The lowest BCUT2D eigenvalue weighted by molar-refractivity contribution is 0.310. The summed E-state index contributed by atoms with van der Waals surface area (Å²) < 4.78 is 26.5. The number of halogens is 1. The zero-order valence-electron chi connectivity index (χ0n) is 11.1. The number of nitrogens with zero attached hydrogens (tertiary/aromatic N) is 2. The van der Waals surface area contributed by atoms with Crippen molar-refractivity contribution in [1.29, 1.82) is 5.26 Å². The van der Waals surface area contributed by atoms with Crippen molar-refractivity contribution in [1.82, 2.24) is 4.31 Å². The molecule has 1 fully saturated rings. The number of rotatable bonds is 4. The largest absolute Gasteiger partial charge is 0.243 e. The first-order valence-electron chi connectivity index (χ1n) is 6.62. The SMILES string of the molecule is N#CC1CCN(S(=O)(=O)c2ccc(CCBr)cc2)CC1. The number of benzene rings is 1. The topological polar surface area (TPSA) is 61.2 Å². The van der Waals surface area contributed by atoms with Crippen LogP contribution in [0, 0.1) is 17.2 Å². The van der Waals surface area contributed by atoms with Gasteiger partial charge >= 0.3 is 0 Å². The molecule has 0 atom stereocenters. The molecule has 20 heavy (non-hydrogen) atoms. The molecule has 6 heteroatoms. The molecule has 0 radical (unpaired) electrons. The Kier molecular flexibility index (Phi) is 5.19. The predicted molar refractivity (Wildman–Crippen MR) is 81.0 cm³/mol. The predicted octanol–water partition coefficient (Wildman–Crippen LogP) is 2.55. The maximum Gasteiger partial charge on any atom is 0.243 e. The van der Waals surface area contributed by atoms with Gasteiger partial charge in [-0.3, -0.25) is 0 Å². The molecule has 0 aliphatic carbocycles. The Balaban J connectivity index is 2.12. The number of aryl methyl sites for hydroxylation is 1. The highest BCUT2D eigenvalue weighted by Gasteiger charge is 2.29. The molecule has 1 aromatic rings. The third kappa shape index (κ3) is 3.40. The average Bonchev–Trinajstić information content (AvgIpc) is 2.48. The number of piperidine rings is 1. The van der Waals surface area contributed by atoms with Crippen LogP contribution in [0.25, 0.3) is 0 Å². The van der Waals surface area contributed by atoms with Crippen LogP contribution in [-0.4, -0.2) is 31.1 Å². The Morgan fingerprint density at radius 3 is 2.35 bits per heavy atom. The van der Waals surface area contributed by atoms with E-state index in [1.54, 1.807) is 12.1 Å². The summed E-state index contributed by atoms with van der Waals surface area (Å²) >= 11 is 3.37. The van der Waals surface area contributed by atoms with E-state index in [4.69, 9.17) is 5.26 Å². The van der Waals surface area contributed by atoms with Gasteiger partial charge in [0.05, 0.1) is 11.0 Å². The first kappa shape index (κ1) is 15.5. The zero-order valence-corrected chi connectivity index (χ0v) is 13.5. The third-order valence-corrected chi connectivity index (χ3v) is 5.89. The van der Waals surface area contributed by atoms with E-state index in [1.165, 1.54) is 4.31 Å². The van der Waals surface area contributed by atoms with Gasteiger partial charge in [-0.25, -0.2) is 8.42 Å². The fourth-order valence-corrected chi connectivity index (χ4v) is 4.24. The summed E-state index contributed by atoms with van der Waals surface area (Å²) in [6.07, 6.45) is 2.13. The highest BCUT2D eigenvalue weighted by atomic mass is 79.9. The summed E-state index contributed by atoms with van der Waals surface area (Å²) in [6.45, 7) is 0.868. The number of nitriles is 1. The summed E-state index contributed by atoms with van der Waals surface area (Å²) in [6, 6.07) is 9.27. The van der Waals surface area contributed by atoms with Gasteiger partial charge in [-0.15, -0.1) is 0 Å². The summed E-state index contributed by atoms with van der Waals surface area (Å²) in [5, 5.41) is 9.72. The Labute approximate surface area is 128 Å². The molecule has 0 spiro atoms. The molecular weight excluding hydrogens is 340 g/mol. The summed E-state index contributed by atoms with van der Waals surface area (Å²) in [5.74, 6) is -0.0113. The van der Waals surface area contributed by atoms with E-state index in [-0.39, 0.29) is 5.92 Å². The van der Waals surface area contributed by atoms with Crippen molar-refractivity contribution >= 4 is 26.0 Å². The molecule has 1 heterocycles. The molecule has 0 aromatic heterocycles. The van der Waals surface area contributed by atoms with Gasteiger partial charge in [0, 0.05) is 24.3 Å². The van der Waals surface area contributed by atoms with Crippen molar-refractivity contribution in [3.05, 3.63) is 29.8 Å². The van der Waals surface area contributed by atoms with E-state index >= 15 is 0 Å². The van der Waals surface area contributed by atoms with Crippen molar-refractivity contribution in [3.63, 3.8) is 0 Å². The summed E-state index contributed by atoms with van der Waals surface area (Å²) in [7, 11) is -3.41. The average molecular weight is 357 g/mol. The molecule has 108 valence electrons. The van der Waals surface area contributed by atoms with Gasteiger partial charge < -0.3 is 0 Å². The van der Waals surface area contributed by atoms with Gasteiger partial charge in [-0.05, 0) is 37.0 Å². The maximum atomic E-state index is 12.5. The van der Waals surface area contributed by atoms with Crippen LogP contribution in [0.4, 0.5) is 0 Å². The van der Waals surface area contributed by atoms with Crippen molar-refractivity contribution in [2.75, 3.05) is 18.4 Å². The molecule has 1 aromatic carbocycles. The highest BCUT2D eigenvalue weighted by molar-refractivity contribution is 9.09. The van der Waals surface area contributed by atoms with Gasteiger partial charge in [-0.1, -0.05) is 28.1 Å². The lowest BCUT2D eigenvalue weighted by Crippen LogP contribution is -2.38. The Morgan fingerprint density at radius 1 is 1.25 bits per heavy atom. The van der Waals surface area contributed by atoms with Crippen molar-refractivity contribution in [2.24, 2.45) is 5.92 Å². The van der Waals surface area contributed by atoms with Crippen LogP contribution >= 0.6 is 15.9 Å². The zero-order chi connectivity index (χ0) is 14.6. The third-order valence-electron chi connectivity index (χ3n) is 3.58. The monoisotopic (exact) mass is 356 g/mol. The van der Waals surface area contributed by atoms with Gasteiger partial charge in [0.1, 0.15) is 0 Å². The molecule has 2 rings (SSSR count). The second-order valence-corrected chi connectivity index (χ2v) is 7.62. The number of alkyl halides is 1. The summed E-state index contributed by atoms with van der Waals surface area (Å²) in [5.41, 5.74) is 1.11. The lowest BCUT2D eigenvalue weighted by Gasteiger charge is -2.28. The molecule has 4 nitrogen and oxygen atoms in total. The molecule has 0 saturated carbocycles. The smallest absolute Gasteiger partial charge is 0.207 e. The molecule has 0 amide bonds. The molecule has 1 aliphatic rings. The van der Waals surface area contributed by atoms with E-state index in [0.29, 0.717) is 30.8 Å². The fraction of sp³-hybridized carbons (Fsp3) is 0.500. The van der Waals surface area contributed by atoms with E-state index in [0.717, 1.165) is 17.3 Å². The van der Waals surface area contributed by atoms with Crippen molar-refractivity contribution in [3.8, 4) is 6.07 Å². The summed E-state index contributed by atoms with van der Waals surface area (Å²) in [4.78, 5) is 0.339.